The van der Waals surface area contributed by atoms with E-state index in [1.54, 1.807) is 10.9 Å². The zero-order valence-electron chi connectivity index (χ0n) is 18.6. The first-order chi connectivity index (χ1) is 16.0. The lowest BCUT2D eigenvalue weighted by molar-refractivity contribution is -0.131. The van der Waals surface area contributed by atoms with Gasteiger partial charge >= 0.3 is 5.69 Å². The van der Waals surface area contributed by atoms with Gasteiger partial charge in [0, 0.05) is 19.0 Å². The monoisotopic (exact) mass is 442 g/mol. The first kappa shape index (κ1) is 20.0. The minimum Gasteiger partial charge on any atom is -0.342 e. The van der Waals surface area contributed by atoms with Gasteiger partial charge in [0.25, 0.3) is 0 Å². The number of carbonyl (C=O) groups is 1. The van der Waals surface area contributed by atoms with Gasteiger partial charge in [-0.2, -0.15) is 5.10 Å². The summed E-state index contributed by atoms with van der Waals surface area (Å²) in [5.41, 5.74) is 4.74. The summed E-state index contributed by atoms with van der Waals surface area (Å²) in [6, 6.07) is 14.1. The highest BCUT2D eigenvalue weighted by Crippen LogP contribution is 2.33. The third kappa shape index (κ3) is 3.75. The number of aryl methyl sites for hydroxylation is 1. The second-order valence-corrected chi connectivity index (χ2v) is 9.28. The van der Waals surface area contributed by atoms with Gasteiger partial charge in [-0.1, -0.05) is 18.2 Å². The minimum absolute atomic E-state index is 0.150. The third-order valence-electron chi connectivity index (χ3n) is 6.77. The molecule has 2 fully saturated rings. The van der Waals surface area contributed by atoms with Crippen molar-refractivity contribution in [1.82, 2.24) is 29.2 Å². The van der Waals surface area contributed by atoms with Crippen LogP contribution in [0.5, 0.6) is 0 Å². The fourth-order valence-electron chi connectivity index (χ4n) is 4.78. The van der Waals surface area contributed by atoms with Crippen LogP contribution >= 0.6 is 0 Å². The Balaban J connectivity index is 1.17. The zero-order valence-corrected chi connectivity index (χ0v) is 18.6. The standard InChI is InChI=1S/C25H26N6O2/c1-16-27-22-9-6-20(12-23(22)28-16)18-4-7-21(8-5-18)30-15-26-31(25(30)33)14-17-10-11-29(13-17)24(32)19-2-3-19/h4-9,12,15,17,19H,2-3,10-11,13-14H2,1H3,(H,27,28)/t17-/m0/s1. The molecule has 0 unspecified atom stereocenters. The van der Waals surface area contributed by atoms with E-state index in [9.17, 15) is 9.59 Å². The molecule has 1 N–H and O–H groups in total. The number of imidazole rings is 1. The molecule has 1 atom stereocenters. The fourth-order valence-corrected chi connectivity index (χ4v) is 4.78. The Morgan fingerprint density at radius 2 is 1.88 bits per heavy atom. The maximum atomic E-state index is 13.0. The summed E-state index contributed by atoms with van der Waals surface area (Å²) in [5, 5.41) is 4.34. The molecule has 0 radical (unpaired) electrons. The summed E-state index contributed by atoms with van der Waals surface area (Å²) in [6.45, 7) is 4.01. The molecule has 1 saturated heterocycles. The van der Waals surface area contributed by atoms with Gasteiger partial charge in [0.05, 0.1) is 23.3 Å². The van der Waals surface area contributed by atoms with Gasteiger partial charge in [-0.15, -0.1) is 0 Å². The van der Waals surface area contributed by atoms with Crippen LogP contribution in [0.1, 0.15) is 25.1 Å². The number of carbonyl (C=O) groups excluding carboxylic acids is 1. The molecule has 8 heteroatoms. The summed E-state index contributed by atoms with van der Waals surface area (Å²) in [7, 11) is 0. The lowest BCUT2D eigenvalue weighted by Gasteiger charge is -2.16. The van der Waals surface area contributed by atoms with E-state index in [0.29, 0.717) is 6.54 Å². The number of aromatic amines is 1. The van der Waals surface area contributed by atoms with E-state index < -0.39 is 0 Å². The van der Waals surface area contributed by atoms with Crippen molar-refractivity contribution in [2.24, 2.45) is 11.8 Å². The molecule has 1 aliphatic carbocycles. The lowest BCUT2D eigenvalue weighted by atomic mass is 10.0. The maximum absolute atomic E-state index is 13.0. The number of hydrogen-bond donors (Lipinski definition) is 1. The van der Waals surface area contributed by atoms with E-state index in [1.165, 1.54) is 4.68 Å². The summed E-state index contributed by atoms with van der Waals surface area (Å²) in [4.78, 5) is 35.0. The molecule has 0 spiro atoms. The number of nitrogens with one attached hydrogen (secondary N) is 1. The van der Waals surface area contributed by atoms with Crippen molar-refractivity contribution in [2.45, 2.75) is 32.7 Å². The minimum atomic E-state index is -0.150. The average Bonchev–Trinajstić information content (AvgIpc) is 3.29. The van der Waals surface area contributed by atoms with E-state index in [0.717, 1.165) is 66.0 Å². The predicted molar refractivity (Wildman–Crippen MR) is 125 cm³/mol. The van der Waals surface area contributed by atoms with Crippen LogP contribution in [0.2, 0.25) is 0 Å². The normalized spacial score (nSPS) is 18.3. The van der Waals surface area contributed by atoms with Crippen molar-refractivity contribution in [1.29, 1.82) is 0 Å². The molecular formula is C25H26N6O2. The van der Waals surface area contributed by atoms with E-state index in [2.05, 4.69) is 27.2 Å². The Morgan fingerprint density at radius 3 is 2.67 bits per heavy atom. The maximum Gasteiger partial charge on any atom is 0.350 e. The molecule has 2 aliphatic rings. The van der Waals surface area contributed by atoms with Crippen LogP contribution in [-0.4, -0.2) is 48.2 Å². The molecule has 0 bridgehead atoms. The van der Waals surface area contributed by atoms with E-state index in [4.69, 9.17) is 0 Å². The molecule has 2 aromatic heterocycles. The van der Waals surface area contributed by atoms with Gasteiger partial charge in [0.2, 0.25) is 5.91 Å². The number of fused-ring (bicyclic) bond motifs is 1. The van der Waals surface area contributed by atoms with Crippen LogP contribution in [0.4, 0.5) is 0 Å². The van der Waals surface area contributed by atoms with Gasteiger partial charge in [-0.25, -0.2) is 19.0 Å². The first-order valence-electron chi connectivity index (χ1n) is 11.6. The third-order valence-corrected chi connectivity index (χ3v) is 6.77. The molecule has 8 nitrogen and oxygen atoms in total. The number of likely N-dealkylation sites (tertiary alicyclic amines) is 1. The lowest BCUT2D eigenvalue weighted by Crippen LogP contribution is -2.32. The summed E-state index contributed by atoms with van der Waals surface area (Å²) >= 11 is 0. The molecule has 1 saturated carbocycles. The largest absolute Gasteiger partial charge is 0.350 e. The van der Waals surface area contributed by atoms with E-state index in [-0.39, 0.29) is 23.4 Å². The van der Waals surface area contributed by atoms with Crippen LogP contribution < -0.4 is 5.69 Å². The topological polar surface area (TPSA) is 88.8 Å². The van der Waals surface area contributed by atoms with Crippen LogP contribution in [-0.2, 0) is 11.3 Å². The molecule has 3 heterocycles. The van der Waals surface area contributed by atoms with Gasteiger partial charge < -0.3 is 9.88 Å². The summed E-state index contributed by atoms with van der Waals surface area (Å²) in [6.07, 6.45) is 4.56. The number of amides is 1. The van der Waals surface area contributed by atoms with Crippen LogP contribution in [0.15, 0.2) is 53.6 Å². The predicted octanol–water partition coefficient (Wildman–Crippen LogP) is 3.14. The first-order valence-corrected chi connectivity index (χ1v) is 11.6. The molecule has 1 amide bonds. The van der Waals surface area contributed by atoms with Gasteiger partial charge in [-0.3, -0.25) is 4.79 Å². The Bertz CT molecular complexity index is 1390. The van der Waals surface area contributed by atoms with Crippen LogP contribution in [0, 0.1) is 18.8 Å². The van der Waals surface area contributed by atoms with Crippen molar-refractivity contribution in [2.75, 3.05) is 13.1 Å². The zero-order chi connectivity index (χ0) is 22.5. The van der Waals surface area contributed by atoms with Crippen LogP contribution in [0.3, 0.4) is 0 Å². The number of hydrogen-bond acceptors (Lipinski definition) is 4. The highest BCUT2D eigenvalue weighted by molar-refractivity contribution is 5.82. The van der Waals surface area contributed by atoms with E-state index >= 15 is 0 Å². The molecule has 2 aromatic carbocycles. The number of aromatic nitrogens is 5. The summed E-state index contributed by atoms with van der Waals surface area (Å²) in [5.74, 6) is 1.71. The quantitative estimate of drug-likeness (QED) is 0.514. The second-order valence-electron chi connectivity index (χ2n) is 9.28. The van der Waals surface area contributed by atoms with Gasteiger partial charge in [-0.05, 0) is 67.5 Å². The highest BCUT2D eigenvalue weighted by Gasteiger charge is 2.36. The van der Waals surface area contributed by atoms with Gasteiger partial charge in [0.1, 0.15) is 12.2 Å². The Morgan fingerprint density at radius 1 is 1.09 bits per heavy atom. The number of H-pyrrole nitrogens is 1. The van der Waals surface area contributed by atoms with Crippen molar-refractivity contribution < 1.29 is 4.79 Å². The number of rotatable bonds is 5. The molecule has 168 valence electrons. The fraction of sp³-hybridized carbons (Fsp3) is 0.360. The van der Waals surface area contributed by atoms with Crippen molar-refractivity contribution in [3.8, 4) is 16.8 Å². The highest BCUT2D eigenvalue weighted by atomic mass is 16.2. The summed E-state index contributed by atoms with van der Waals surface area (Å²) < 4.78 is 3.10. The number of nitrogens with zero attached hydrogens (tertiary/aromatic N) is 5. The van der Waals surface area contributed by atoms with E-state index in [1.807, 2.05) is 42.2 Å². The average molecular weight is 443 g/mol. The number of benzene rings is 2. The Kier molecular flexibility index (Phi) is 4.67. The van der Waals surface area contributed by atoms with Crippen LogP contribution in [0.25, 0.3) is 27.8 Å². The van der Waals surface area contributed by atoms with Crippen molar-refractivity contribution >= 4 is 16.9 Å². The smallest absolute Gasteiger partial charge is 0.342 e. The molecular weight excluding hydrogens is 416 g/mol. The molecule has 33 heavy (non-hydrogen) atoms. The van der Waals surface area contributed by atoms with Crippen molar-refractivity contribution in [3.63, 3.8) is 0 Å². The Labute approximate surface area is 190 Å². The Hall–Kier alpha value is -3.68. The molecule has 1 aliphatic heterocycles. The second kappa shape index (κ2) is 7.72. The van der Waals surface area contributed by atoms with Gasteiger partial charge in [0.15, 0.2) is 0 Å². The van der Waals surface area contributed by atoms with Crippen molar-refractivity contribution in [3.05, 3.63) is 65.1 Å². The SMILES string of the molecule is Cc1nc2cc(-c3ccc(-n4cnn(C[C@H]5CCN(C(=O)C6CC6)C5)c4=O)cc3)ccc2[nH]1. The molecule has 4 aromatic rings. The molecule has 6 rings (SSSR count).